The Bertz CT molecular complexity index is 1250. The van der Waals surface area contributed by atoms with Gasteiger partial charge in [-0.05, 0) is 30.5 Å². The molecule has 4 aromatic rings. The van der Waals surface area contributed by atoms with Gasteiger partial charge in [-0.3, -0.25) is 4.79 Å². The van der Waals surface area contributed by atoms with Gasteiger partial charge in [0.05, 0.1) is 23.3 Å². The molecule has 0 saturated heterocycles. The Morgan fingerprint density at radius 3 is 2.81 bits per heavy atom. The largest absolute Gasteiger partial charge is 0.377 e. The molecule has 0 fully saturated rings. The lowest BCUT2D eigenvalue weighted by molar-refractivity contribution is 0.100. The molecule has 8 nitrogen and oxygen atoms in total. The highest BCUT2D eigenvalue weighted by Gasteiger charge is 2.22. The number of ether oxygens (including phenoxy) is 1. The van der Waals surface area contributed by atoms with Gasteiger partial charge >= 0.3 is 0 Å². The van der Waals surface area contributed by atoms with E-state index in [0.717, 1.165) is 29.7 Å². The van der Waals surface area contributed by atoms with Crippen molar-refractivity contribution in [3.63, 3.8) is 0 Å². The van der Waals surface area contributed by atoms with Crippen LogP contribution < -0.4 is 11.1 Å². The number of primary amides is 1. The number of carbonyl (C=O) groups excluding carboxylic acids is 1. The second kappa shape index (κ2) is 8.16. The van der Waals surface area contributed by atoms with Gasteiger partial charge in [0.1, 0.15) is 11.3 Å². The van der Waals surface area contributed by atoms with E-state index < -0.39 is 5.91 Å². The maximum Gasteiger partial charge on any atom is 0.251 e. The van der Waals surface area contributed by atoms with Gasteiger partial charge < -0.3 is 20.3 Å². The SMILES string of the molecule is NC(=O)c1cccc2c(-c3nc4c(c(NCc5ccccc5)n3)COCCC4)onc12. The smallest absolute Gasteiger partial charge is 0.251 e. The van der Waals surface area contributed by atoms with E-state index in [-0.39, 0.29) is 0 Å². The van der Waals surface area contributed by atoms with Crippen LogP contribution in [0.4, 0.5) is 5.82 Å². The summed E-state index contributed by atoms with van der Waals surface area (Å²) in [6.45, 7) is 1.75. The van der Waals surface area contributed by atoms with Crippen LogP contribution >= 0.6 is 0 Å². The molecule has 156 valence electrons. The maximum absolute atomic E-state index is 11.7. The number of nitrogens with one attached hydrogen (secondary N) is 1. The van der Waals surface area contributed by atoms with Crippen LogP contribution in [-0.4, -0.2) is 27.6 Å². The average Bonchev–Trinajstić information content (AvgIpc) is 3.08. The first-order valence-electron chi connectivity index (χ1n) is 10.1. The first kappa shape index (κ1) is 19.2. The van der Waals surface area contributed by atoms with Crippen molar-refractivity contribution in [1.82, 2.24) is 15.1 Å². The van der Waals surface area contributed by atoms with Crippen LogP contribution in [0, 0.1) is 0 Å². The molecule has 1 amide bonds. The van der Waals surface area contributed by atoms with Crippen molar-refractivity contribution in [3.05, 3.63) is 70.9 Å². The Kier molecular flexibility index (Phi) is 5.05. The molecule has 5 rings (SSSR count). The summed E-state index contributed by atoms with van der Waals surface area (Å²) in [4.78, 5) is 21.3. The van der Waals surface area contributed by atoms with Gasteiger partial charge in [0.2, 0.25) is 11.6 Å². The molecule has 3 heterocycles. The number of fused-ring (bicyclic) bond motifs is 2. The van der Waals surface area contributed by atoms with E-state index in [1.807, 2.05) is 24.3 Å². The fourth-order valence-corrected chi connectivity index (χ4v) is 3.76. The number of carbonyl (C=O) groups is 1. The minimum atomic E-state index is -0.560. The van der Waals surface area contributed by atoms with E-state index in [4.69, 9.17) is 25.0 Å². The summed E-state index contributed by atoms with van der Waals surface area (Å²) in [5, 5.41) is 8.15. The highest BCUT2D eigenvalue weighted by molar-refractivity contribution is 6.07. The molecule has 0 atom stereocenters. The van der Waals surface area contributed by atoms with Crippen LogP contribution in [0.3, 0.4) is 0 Å². The zero-order valence-electron chi connectivity index (χ0n) is 16.8. The molecule has 0 spiro atoms. The van der Waals surface area contributed by atoms with Gasteiger partial charge in [-0.15, -0.1) is 0 Å². The Morgan fingerprint density at radius 2 is 1.97 bits per heavy atom. The minimum Gasteiger partial charge on any atom is -0.377 e. The van der Waals surface area contributed by atoms with Crippen LogP contribution in [0.1, 0.15) is 33.6 Å². The highest BCUT2D eigenvalue weighted by atomic mass is 16.5. The molecule has 31 heavy (non-hydrogen) atoms. The minimum absolute atomic E-state index is 0.304. The predicted octanol–water partition coefficient (Wildman–Crippen LogP) is 3.46. The number of hydrogen-bond donors (Lipinski definition) is 2. The molecule has 0 bridgehead atoms. The molecule has 2 aromatic heterocycles. The molecule has 1 aliphatic heterocycles. The van der Waals surface area contributed by atoms with Crippen molar-refractivity contribution < 1.29 is 14.1 Å². The summed E-state index contributed by atoms with van der Waals surface area (Å²) < 4.78 is 11.3. The standard InChI is InChI=1S/C23H21N5O3/c24-21(29)16-9-4-8-15-19(16)28-31-20(15)23-26-18-10-5-11-30-13-17(18)22(27-23)25-12-14-6-2-1-3-7-14/h1-4,6-9H,5,10-13H2,(H2,24,29)(H,25,26,27). The zero-order chi connectivity index (χ0) is 21.2. The summed E-state index contributed by atoms with van der Waals surface area (Å²) in [5.74, 6) is 0.978. The molecule has 2 aromatic carbocycles. The lowest BCUT2D eigenvalue weighted by Gasteiger charge is -2.14. The van der Waals surface area contributed by atoms with Crippen LogP contribution in [0.5, 0.6) is 0 Å². The van der Waals surface area contributed by atoms with Crippen molar-refractivity contribution in [2.24, 2.45) is 5.73 Å². The van der Waals surface area contributed by atoms with Crippen molar-refractivity contribution >= 4 is 22.6 Å². The zero-order valence-corrected chi connectivity index (χ0v) is 16.8. The fourth-order valence-electron chi connectivity index (χ4n) is 3.76. The Hall–Kier alpha value is -3.78. The second-order valence-corrected chi connectivity index (χ2v) is 7.39. The van der Waals surface area contributed by atoms with Crippen LogP contribution in [0.2, 0.25) is 0 Å². The third-order valence-corrected chi connectivity index (χ3v) is 5.32. The molecular formula is C23H21N5O3. The van der Waals surface area contributed by atoms with Gasteiger partial charge in [0.25, 0.3) is 5.91 Å². The van der Waals surface area contributed by atoms with E-state index in [2.05, 4.69) is 22.6 Å². The molecule has 0 saturated carbocycles. The molecule has 3 N–H and O–H groups in total. The summed E-state index contributed by atoms with van der Waals surface area (Å²) >= 11 is 0. The number of amides is 1. The Balaban J connectivity index is 1.59. The molecular weight excluding hydrogens is 394 g/mol. The molecule has 1 aliphatic rings. The van der Waals surface area contributed by atoms with Crippen molar-refractivity contribution in [2.75, 3.05) is 11.9 Å². The van der Waals surface area contributed by atoms with Crippen molar-refractivity contribution in [2.45, 2.75) is 26.0 Å². The Labute approximate surface area is 178 Å². The van der Waals surface area contributed by atoms with E-state index in [0.29, 0.717) is 53.6 Å². The maximum atomic E-state index is 11.7. The van der Waals surface area contributed by atoms with Crippen LogP contribution in [-0.2, 0) is 24.3 Å². The number of aryl methyl sites for hydroxylation is 1. The van der Waals surface area contributed by atoms with Gasteiger partial charge in [0.15, 0.2) is 0 Å². The van der Waals surface area contributed by atoms with Gasteiger partial charge in [-0.25, -0.2) is 9.97 Å². The number of nitrogens with zero attached hydrogens (tertiary/aromatic N) is 3. The first-order chi connectivity index (χ1) is 15.2. The summed E-state index contributed by atoms with van der Waals surface area (Å²) in [6, 6.07) is 15.3. The van der Waals surface area contributed by atoms with E-state index in [9.17, 15) is 4.79 Å². The normalized spacial score (nSPS) is 13.5. The first-order valence-corrected chi connectivity index (χ1v) is 10.1. The summed E-state index contributed by atoms with van der Waals surface area (Å²) in [5.41, 5.74) is 9.21. The van der Waals surface area contributed by atoms with Crippen molar-refractivity contribution in [3.8, 4) is 11.6 Å². The monoisotopic (exact) mass is 415 g/mol. The number of anilines is 1. The lowest BCUT2D eigenvalue weighted by atomic mass is 10.1. The predicted molar refractivity (Wildman–Crippen MR) is 115 cm³/mol. The quantitative estimate of drug-likeness (QED) is 0.513. The number of hydrogen-bond acceptors (Lipinski definition) is 7. The average molecular weight is 415 g/mol. The fraction of sp³-hybridized carbons (Fsp3) is 0.217. The van der Waals surface area contributed by atoms with Crippen LogP contribution in [0.25, 0.3) is 22.5 Å². The van der Waals surface area contributed by atoms with Crippen LogP contribution in [0.15, 0.2) is 53.1 Å². The highest BCUT2D eigenvalue weighted by Crippen LogP contribution is 2.31. The number of benzene rings is 2. The van der Waals surface area contributed by atoms with Gasteiger partial charge in [-0.2, -0.15) is 0 Å². The van der Waals surface area contributed by atoms with E-state index in [1.165, 1.54) is 0 Å². The van der Waals surface area contributed by atoms with E-state index in [1.54, 1.807) is 12.1 Å². The number of rotatable bonds is 5. The Morgan fingerprint density at radius 1 is 1.10 bits per heavy atom. The molecule has 0 aliphatic carbocycles. The van der Waals surface area contributed by atoms with E-state index >= 15 is 0 Å². The summed E-state index contributed by atoms with van der Waals surface area (Å²) in [7, 11) is 0. The molecule has 8 heteroatoms. The molecule has 0 unspecified atom stereocenters. The van der Waals surface area contributed by atoms with Gasteiger partial charge in [-0.1, -0.05) is 41.6 Å². The lowest BCUT2D eigenvalue weighted by Crippen LogP contribution is -2.11. The second-order valence-electron chi connectivity index (χ2n) is 7.39. The van der Waals surface area contributed by atoms with Crippen molar-refractivity contribution in [1.29, 1.82) is 0 Å². The third-order valence-electron chi connectivity index (χ3n) is 5.32. The summed E-state index contributed by atoms with van der Waals surface area (Å²) in [6.07, 6.45) is 1.66. The topological polar surface area (TPSA) is 116 Å². The number of aromatic nitrogens is 3. The number of nitrogens with two attached hydrogens (primary N) is 1. The van der Waals surface area contributed by atoms with Gasteiger partial charge in [0, 0.05) is 18.7 Å². The molecule has 0 radical (unpaired) electrons. The third kappa shape index (κ3) is 3.73.